The third-order valence-corrected chi connectivity index (χ3v) is 7.24. The Morgan fingerprint density at radius 2 is 2.00 bits per heavy atom. The van der Waals surface area contributed by atoms with Crippen LogP contribution in [0.3, 0.4) is 0 Å². The number of para-hydroxylation sites is 1. The topological polar surface area (TPSA) is 141 Å². The molecule has 0 bridgehead atoms. The molecule has 1 aliphatic heterocycles. The van der Waals surface area contributed by atoms with Crippen molar-refractivity contribution in [3.63, 3.8) is 0 Å². The summed E-state index contributed by atoms with van der Waals surface area (Å²) in [7, 11) is -4.48. The molecule has 0 saturated carbocycles. The normalized spacial score (nSPS) is 26.0. The van der Waals surface area contributed by atoms with Gasteiger partial charge < -0.3 is 19.1 Å². The highest BCUT2D eigenvalue weighted by Gasteiger charge is 2.58. The minimum atomic E-state index is -4.48. The predicted molar refractivity (Wildman–Crippen MR) is 130 cm³/mol. The van der Waals surface area contributed by atoms with E-state index in [1.807, 2.05) is 0 Å². The van der Waals surface area contributed by atoms with E-state index in [0.29, 0.717) is 0 Å². The van der Waals surface area contributed by atoms with Crippen molar-refractivity contribution >= 4 is 25.9 Å². The summed E-state index contributed by atoms with van der Waals surface area (Å²) in [5, 5.41) is 12.9. The first-order valence-corrected chi connectivity index (χ1v) is 13.2. The molecule has 1 aliphatic rings. The maximum Gasteiger partial charge on any atom is 0.459 e. The number of ether oxygens (including phenoxy) is 2. The van der Waals surface area contributed by atoms with E-state index < -0.39 is 68.8 Å². The number of alkyl halides is 2. The summed E-state index contributed by atoms with van der Waals surface area (Å²) in [6.45, 7) is 2.12. The molecular weight excluding hydrogens is 535 g/mol. The van der Waals surface area contributed by atoms with Crippen LogP contribution in [0.25, 0.3) is 0 Å². The van der Waals surface area contributed by atoms with Crippen molar-refractivity contribution in [3.05, 3.63) is 57.7 Å². The van der Waals surface area contributed by atoms with Crippen LogP contribution in [0, 0.1) is 4.77 Å². The number of esters is 1. The number of nitrogens with one attached hydrogen (secondary N) is 2. The predicted octanol–water partition coefficient (Wildman–Crippen LogP) is 2.98. The van der Waals surface area contributed by atoms with Crippen molar-refractivity contribution in [2.45, 2.75) is 57.0 Å². The Morgan fingerprint density at radius 1 is 1.32 bits per heavy atom. The standard InChI is InChI=1S/C22H28F2N3O8PS/c1-13(2)33-20(30)14(3)26-36(31,35-15-7-5-4-6-8-15)32-12-22(11-23)18(24)17(29)19(34-22)27-10-9-16(28)25-21(27)37/h4-10,13-14,17-19,29H,11-12H2,1-3H3,(H,26,31)(H,25,28,37)/t14-,17+,18-,19+,22+,36?/m0/s1. The van der Waals surface area contributed by atoms with Gasteiger partial charge in [0, 0.05) is 12.3 Å². The Balaban J connectivity index is 1.86. The smallest absolute Gasteiger partial charge is 0.459 e. The lowest BCUT2D eigenvalue weighted by Crippen LogP contribution is -2.47. The molecule has 1 aromatic carbocycles. The van der Waals surface area contributed by atoms with E-state index in [2.05, 4.69) is 10.1 Å². The Bertz CT molecular complexity index is 1250. The van der Waals surface area contributed by atoms with E-state index in [1.165, 1.54) is 19.1 Å². The highest BCUT2D eigenvalue weighted by molar-refractivity contribution is 7.71. The lowest BCUT2D eigenvalue weighted by atomic mass is 9.99. The van der Waals surface area contributed by atoms with Crippen molar-refractivity contribution in [2.24, 2.45) is 0 Å². The van der Waals surface area contributed by atoms with Gasteiger partial charge in [-0.05, 0) is 45.1 Å². The molecule has 204 valence electrons. The molecule has 15 heteroatoms. The summed E-state index contributed by atoms with van der Waals surface area (Å²) in [6, 6.07) is 7.65. The van der Waals surface area contributed by atoms with Gasteiger partial charge in [-0.15, -0.1) is 0 Å². The van der Waals surface area contributed by atoms with E-state index in [4.69, 9.17) is 30.7 Å². The molecule has 0 aliphatic carbocycles. The second-order valence-electron chi connectivity index (χ2n) is 8.63. The molecule has 11 nitrogen and oxygen atoms in total. The van der Waals surface area contributed by atoms with Crippen LogP contribution in [0.1, 0.15) is 27.0 Å². The number of halogens is 2. The molecule has 0 amide bonds. The average Bonchev–Trinajstić information content (AvgIpc) is 3.08. The molecule has 37 heavy (non-hydrogen) atoms. The SMILES string of the molecule is CC(C)OC(=O)[C@H](C)NP(=O)(OC[C@@]1(CF)O[C@@H](n2ccc(=O)[nH]c2=S)[C@H](O)[C@@H]1F)Oc1ccccc1. The molecule has 2 heterocycles. The zero-order chi connectivity index (χ0) is 27.4. The maximum atomic E-state index is 15.3. The Kier molecular flexibility index (Phi) is 9.37. The first kappa shape index (κ1) is 29.1. The number of hydrogen-bond acceptors (Lipinski definition) is 9. The number of aliphatic hydroxyl groups is 1. The van der Waals surface area contributed by atoms with Crippen LogP contribution in [-0.4, -0.2) is 63.9 Å². The summed E-state index contributed by atoms with van der Waals surface area (Å²) < 4.78 is 65.6. The molecular formula is C22H28F2N3O8PS. The molecule has 2 aromatic rings. The number of nitrogens with zero attached hydrogens (tertiary/aromatic N) is 1. The minimum absolute atomic E-state index is 0.0821. The largest absolute Gasteiger partial charge is 0.462 e. The Morgan fingerprint density at radius 3 is 2.59 bits per heavy atom. The van der Waals surface area contributed by atoms with Crippen LogP contribution in [0.2, 0.25) is 0 Å². The maximum absolute atomic E-state index is 15.3. The quantitative estimate of drug-likeness (QED) is 0.212. The van der Waals surface area contributed by atoms with Crippen molar-refractivity contribution in [3.8, 4) is 5.75 Å². The molecule has 3 rings (SSSR count). The first-order chi connectivity index (χ1) is 17.4. The summed E-state index contributed by atoms with van der Waals surface area (Å²) in [4.78, 5) is 26.0. The van der Waals surface area contributed by atoms with E-state index in [0.717, 1.165) is 16.8 Å². The van der Waals surface area contributed by atoms with Gasteiger partial charge in [-0.25, -0.2) is 13.3 Å². The highest BCUT2D eigenvalue weighted by atomic mass is 32.1. The van der Waals surface area contributed by atoms with Crippen LogP contribution in [0.15, 0.2) is 47.4 Å². The van der Waals surface area contributed by atoms with Gasteiger partial charge in [-0.2, -0.15) is 5.09 Å². The fourth-order valence-electron chi connectivity index (χ4n) is 3.47. The molecule has 6 atom stereocenters. The van der Waals surface area contributed by atoms with Gasteiger partial charge in [0.25, 0.3) is 5.56 Å². The second kappa shape index (κ2) is 11.9. The van der Waals surface area contributed by atoms with Gasteiger partial charge in [0.2, 0.25) is 0 Å². The summed E-state index contributed by atoms with van der Waals surface area (Å²) in [5.74, 6) is -0.683. The fourth-order valence-corrected chi connectivity index (χ4v) is 5.28. The number of carbonyl (C=O) groups is 1. The monoisotopic (exact) mass is 563 g/mol. The number of aliphatic hydroxyl groups excluding tert-OH is 1. The Labute approximate surface area is 216 Å². The van der Waals surface area contributed by atoms with E-state index in [-0.39, 0.29) is 10.5 Å². The molecule has 1 fully saturated rings. The van der Waals surface area contributed by atoms with Crippen molar-refractivity contribution in [1.82, 2.24) is 14.6 Å². The van der Waals surface area contributed by atoms with Gasteiger partial charge in [0.05, 0.1) is 12.7 Å². The van der Waals surface area contributed by atoms with Gasteiger partial charge >= 0.3 is 13.7 Å². The van der Waals surface area contributed by atoms with E-state index in [9.17, 15) is 23.7 Å². The summed E-state index contributed by atoms with van der Waals surface area (Å²) in [6.07, 6.45) is -5.10. The van der Waals surface area contributed by atoms with Crippen LogP contribution in [0.4, 0.5) is 8.78 Å². The van der Waals surface area contributed by atoms with Gasteiger partial charge in [0.15, 0.2) is 22.8 Å². The van der Waals surface area contributed by atoms with Crippen LogP contribution in [-0.2, 0) is 23.4 Å². The zero-order valence-corrected chi connectivity index (χ0v) is 21.9. The van der Waals surface area contributed by atoms with Crippen LogP contribution >= 0.6 is 20.0 Å². The van der Waals surface area contributed by atoms with Gasteiger partial charge in [-0.1, -0.05) is 18.2 Å². The van der Waals surface area contributed by atoms with Crippen LogP contribution in [0.5, 0.6) is 5.75 Å². The summed E-state index contributed by atoms with van der Waals surface area (Å²) >= 11 is 5.03. The van der Waals surface area contributed by atoms with Crippen molar-refractivity contribution < 1.29 is 41.8 Å². The van der Waals surface area contributed by atoms with Gasteiger partial charge in [-0.3, -0.25) is 23.7 Å². The zero-order valence-electron chi connectivity index (χ0n) is 20.2. The number of aromatic nitrogens is 2. The lowest BCUT2D eigenvalue weighted by Gasteiger charge is -2.30. The number of aromatic amines is 1. The van der Waals surface area contributed by atoms with Crippen molar-refractivity contribution in [1.29, 1.82) is 0 Å². The first-order valence-electron chi connectivity index (χ1n) is 11.2. The Hall–Kier alpha value is -2.48. The average molecular weight is 564 g/mol. The third-order valence-electron chi connectivity index (χ3n) is 5.31. The number of carbonyl (C=O) groups excluding carboxylic acids is 1. The minimum Gasteiger partial charge on any atom is -0.462 e. The second-order valence-corrected chi connectivity index (χ2v) is 10.7. The number of benzene rings is 1. The van der Waals surface area contributed by atoms with Crippen LogP contribution < -0.4 is 15.2 Å². The fraction of sp³-hybridized carbons (Fsp3) is 0.500. The van der Waals surface area contributed by atoms with E-state index >= 15 is 4.39 Å². The van der Waals surface area contributed by atoms with Crippen molar-refractivity contribution in [2.75, 3.05) is 13.3 Å². The third kappa shape index (κ3) is 6.89. The number of hydrogen-bond donors (Lipinski definition) is 3. The van der Waals surface area contributed by atoms with E-state index in [1.54, 1.807) is 32.0 Å². The number of H-pyrrole nitrogens is 1. The molecule has 1 saturated heterocycles. The number of rotatable bonds is 11. The molecule has 1 aromatic heterocycles. The molecule has 0 radical (unpaired) electrons. The molecule has 3 N–H and O–H groups in total. The molecule has 0 spiro atoms. The lowest BCUT2D eigenvalue weighted by molar-refractivity contribution is -0.149. The van der Waals surface area contributed by atoms with Gasteiger partial charge in [0.1, 0.15) is 24.6 Å². The summed E-state index contributed by atoms with van der Waals surface area (Å²) in [5.41, 5.74) is -2.96. The molecule has 1 unspecified atom stereocenters. The highest BCUT2D eigenvalue weighted by Crippen LogP contribution is 2.48.